The summed E-state index contributed by atoms with van der Waals surface area (Å²) in [5, 5.41) is 8.51. The van der Waals surface area contributed by atoms with E-state index in [0.29, 0.717) is 11.3 Å². The van der Waals surface area contributed by atoms with Gasteiger partial charge in [0.1, 0.15) is 11.5 Å². The predicted molar refractivity (Wildman–Crippen MR) is 70.5 cm³/mol. The normalized spacial score (nSPS) is 10.4. The van der Waals surface area contributed by atoms with Gasteiger partial charge in [-0.2, -0.15) is 8.78 Å². The first kappa shape index (κ1) is 14.8. The van der Waals surface area contributed by atoms with Gasteiger partial charge in [0.15, 0.2) is 6.61 Å². The lowest BCUT2D eigenvalue weighted by molar-refractivity contribution is -0.139. The van der Waals surface area contributed by atoms with Crippen molar-refractivity contribution in [1.29, 1.82) is 0 Å². The first-order valence-corrected chi connectivity index (χ1v) is 5.96. The van der Waals surface area contributed by atoms with Gasteiger partial charge in [0.25, 0.3) is 0 Å². The van der Waals surface area contributed by atoms with Crippen LogP contribution in [-0.4, -0.2) is 24.3 Å². The van der Waals surface area contributed by atoms with E-state index in [-0.39, 0.29) is 5.75 Å². The van der Waals surface area contributed by atoms with Crippen molar-refractivity contribution in [2.24, 2.45) is 0 Å². The molecule has 0 unspecified atom stereocenters. The van der Waals surface area contributed by atoms with Crippen molar-refractivity contribution >= 4 is 5.97 Å². The van der Waals surface area contributed by atoms with E-state index in [9.17, 15) is 13.6 Å². The Kier molecular flexibility index (Phi) is 4.71. The largest absolute Gasteiger partial charge is 0.482 e. The van der Waals surface area contributed by atoms with Crippen LogP contribution in [0.1, 0.15) is 0 Å². The van der Waals surface area contributed by atoms with Crippen LogP contribution in [0.25, 0.3) is 11.1 Å². The molecule has 21 heavy (non-hydrogen) atoms. The molecule has 1 N–H and O–H groups in total. The van der Waals surface area contributed by atoms with Gasteiger partial charge in [-0.1, -0.05) is 18.2 Å². The summed E-state index contributed by atoms with van der Waals surface area (Å²) in [6, 6.07) is 13.8. The Morgan fingerprint density at radius 2 is 1.90 bits per heavy atom. The summed E-state index contributed by atoms with van der Waals surface area (Å²) in [7, 11) is 0. The molecule has 0 saturated carbocycles. The first-order valence-electron chi connectivity index (χ1n) is 5.96. The van der Waals surface area contributed by atoms with Crippen molar-refractivity contribution in [3.8, 4) is 22.6 Å². The monoisotopic (exact) mass is 293 g/mol. The Morgan fingerprint density at radius 1 is 1.19 bits per heavy atom. The SMILES string of the molecule is O=C(O)COc1ccc(-c2cc[c]c(OC(F)F)c2)cc1. The van der Waals surface area contributed by atoms with Gasteiger partial charge in [-0.3, -0.25) is 0 Å². The van der Waals surface area contributed by atoms with E-state index in [1.807, 2.05) is 0 Å². The molecule has 1 radical (unpaired) electrons. The number of halogens is 2. The fraction of sp³-hybridized carbons (Fsp3) is 0.133. The van der Waals surface area contributed by atoms with Crippen molar-refractivity contribution < 1.29 is 28.2 Å². The van der Waals surface area contributed by atoms with E-state index in [4.69, 9.17) is 9.84 Å². The Hall–Kier alpha value is -2.63. The van der Waals surface area contributed by atoms with Crippen LogP contribution in [-0.2, 0) is 4.79 Å². The fourth-order valence-corrected chi connectivity index (χ4v) is 1.68. The molecule has 0 saturated heterocycles. The van der Waals surface area contributed by atoms with Crippen LogP contribution in [0, 0.1) is 6.07 Å². The molecule has 109 valence electrons. The smallest absolute Gasteiger partial charge is 0.387 e. The van der Waals surface area contributed by atoms with Crippen molar-refractivity contribution in [1.82, 2.24) is 0 Å². The number of rotatable bonds is 6. The molecule has 2 aromatic rings. The van der Waals surface area contributed by atoms with E-state index < -0.39 is 19.2 Å². The molecule has 2 rings (SSSR count). The molecule has 0 fully saturated rings. The number of benzene rings is 2. The van der Waals surface area contributed by atoms with E-state index >= 15 is 0 Å². The highest BCUT2D eigenvalue weighted by molar-refractivity contribution is 5.69. The number of carboxylic acid groups (broad SMARTS) is 1. The van der Waals surface area contributed by atoms with Crippen LogP contribution in [0.2, 0.25) is 0 Å². The molecule has 0 heterocycles. The summed E-state index contributed by atoms with van der Waals surface area (Å²) in [5.74, 6) is -0.701. The highest BCUT2D eigenvalue weighted by atomic mass is 19.3. The van der Waals surface area contributed by atoms with Crippen molar-refractivity contribution in [3.05, 3.63) is 48.5 Å². The number of alkyl halides is 2. The topological polar surface area (TPSA) is 55.8 Å². The predicted octanol–water partition coefficient (Wildman–Crippen LogP) is 3.22. The maximum absolute atomic E-state index is 12.2. The van der Waals surface area contributed by atoms with E-state index in [1.54, 1.807) is 30.3 Å². The van der Waals surface area contributed by atoms with Gasteiger partial charge in [0.05, 0.1) is 0 Å². The quantitative estimate of drug-likeness (QED) is 0.888. The average molecular weight is 293 g/mol. The minimum Gasteiger partial charge on any atom is -0.482 e. The van der Waals surface area contributed by atoms with Gasteiger partial charge in [-0.15, -0.1) is 0 Å². The van der Waals surface area contributed by atoms with Gasteiger partial charge in [-0.25, -0.2) is 4.79 Å². The van der Waals surface area contributed by atoms with Gasteiger partial charge < -0.3 is 14.6 Å². The Bertz CT molecular complexity index is 611. The Morgan fingerprint density at radius 3 is 2.52 bits per heavy atom. The van der Waals surface area contributed by atoms with E-state index in [2.05, 4.69) is 10.8 Å². The maximum atomic E-state index is 12.2. The van der Waals surface area contributed by atoms with Crippen LogP contribution >= 0.6 is 0 Å². The van der Waals surface area contributed by atoms with Crippen LogP contribution in [0.3, 0.4) is 0 Å². The fourth-order valence-electron chi connectivity index (χ4n) is 1.68. The molecule has 0 amide bonds. The highest BCUT2D eigenvalue weighted by Crippen LogP contribution is 2.26. The van der Waals surface area contributed by atoms with Crippen LogP contribution in [0.15, 0.2) is 42.5 Å². The summed E-state index contributed by atoms with van der Waals surface area (Å²) in [6.07, 6.45) is 0. The zero-order valence-electron chi connectivity index (χ0n) is 10.8. The second-order valence-corrected chi connectivity index (χ2v) is 4.03. The molecule has 0 bridgehead atoms. The summed E-state index contributed by atoms with van der Waals surface area (Å²) in [5.41, 5.74) is 1.43. The Balaban J connectivity index is 2.13. The standard InChI is InChI=1S/C15H11F2O4/c16-15(17)21-13-3-1-2-11(8-13)10-4-6-12(7-5-10)20-9-14(18)19/h1-2,4-8,15H,9H2,(H,18,19). The number of aliphatic carboxylic acids is 1. The molecule has 0 atom stereocenters. The molecule has 0 aliphatic heterocycles. The summed E-state index contributed by atoms with van der Waals surface area (Å²) in [4.78, 5) is 10.4. The summed E-state index contributed by atoms with van der Waals surface area (Å²) in [6.45, 7) is -3.32. The zero-order valence-corrected chi connectivity index (χ0v) is 10.8. The third kappa shape index (κ3) is 4.45. The minimum atomic E-state index is -2.90. The van der Waals surface area contributed by atoms with E-state index in [0.717, 1.165) is 5.56 Å². The third-order valence-electron chi connectivity index (χ3n) is 2.54. The number of carboxylic acids is 1. The highest BCUT2D eigenvalue weighted by Gasteiger charge is 2.06. The number of carbonyl (C=O) groups is 1. The van der Waals surface area contributed by atoms with Gasteiger partial charge in [-0.05, 0) is 35.4 Å². The zero-order chi connectivity index (χ0) is 15.2. The van der Waals surface area contributed by atoms with Crippen molar-refractivity contribution in [2.75, 3.05) is 6.61 Å². The average Bonchev–Trinajstić information content (AvgIpc) is 2.45. The second-order valence-electron chi connectivity index (χ2n) is 4.03. The van der Waals surface area contributed by atoms with Crippen molar-refractivity contribution in [2.45, 2.75) is 6.61 Å². The molecule has 0 aliphatic rings. The van der Waals surface area contributed by atoms with Gasteiger partial charge in [0.2, 0.25) is 0 Å². The molecular weight excluding hydrogens is 282 g/mol. The van der Waals surface area contributed by atoms with Gasteiger partial charge in [0, 0.05) is 6.07 Å². The molecule has 0 aromatic heterocycles. The first-order chi connectivity index (χ1) is 10.0. The van der Waals surface area contributed by atoms with Crippen LogP contribution in [0.5, 0.6) is 11.5 Å². The summed E-state index contributed by atoms with van der Waals surface area (Å²) >= 11 is 0. The molecule has 4 nitrogen and oxygen atoms in total. The minimum absolute atomic E-state index is 0.0475. The Labute approximate surface area is 119 Å². The number of ether oxygens (including phenoxy) is 2. The molecule has 6 heteroatoms. The number of hydrogen-bond acceptors (Lipinski definition) is 3. The van der Waals surface area contributed by atoms with Crippen molar-refractivity contribution in [3.63, 3.8) is 0 Å². The lowest BCUT2D eigenvalue weighted by Crippen LogP contribution is -2.09. The maximum Gasteiger partial charge on any atom is 0.387 e. The summed E-state index contributed by atoms with van der Waals surface area (Å²) < 4.78 is 33.6. The van der Waals surface area contributed by atoms with Gasteiger partial charge >= 0.3 is 12.6 Å². The lowest BCUT2D eigenvalue weighted by Gasteiger charge is -2.08. The van der Waals surface area contributed by atoms with E-state index in [1.165, 1.54) is 12.1 Å². The molecule has 0 spiro atoms. The van der Waals surface area contributed by atoms with Crippen LogP contribution in [0.4, 0.5) is 8.78 Å². The second kappa shape index (κ2) is 6.69. The lowest BCUT2D eigenvalue weighted by atomic mass is 10.1. The number of hydrogen-bond donors (Lipinski definition) is 1. The molecular formula is C15H11F2O4. The third-order valence-corrected chi connectivity index (χ3v) is 2.54. The molecule has 2 aromatic carbocycles. The molecule has 0 aliphatic carbocycles. The van der Waals surface area contributed by atoms with Crippen LogP contribution < -0.4 is 9.47 Å².